The molecule has 6 nitrogen and oxygen atoms in total. The fraction of sp³-hybridized carbons (Fsp3) is 0.435. The van der Waals surface area contributed by atoms with E-state index in [1.807, 2.05) is 14.0 Å². The Morgan fingerprint density at radius 3 is 2.33 bits per heavy atom. The molecule has 2 aliphatic rings. The quantitative estimate of drug-likeness (QED) is 0.770. The molecule has 0 radical (unpaired) electrons. The third-order valence-corrected chi connectivity index (χ3v) is 7.91. The molecule has 1 N–H and O–H groups in total. The van der Waals surface area contributed by atoms with Gasteiger partial charge in [-0.1, -0.05) is 35.9 Å². The van der Waals surface area contributed by atoms with Gasteiger partial charge in [-0.3, -0.25) is 4.79 Å². The van der Waals surface area contributed by atoms with Gasteiger partial charge in [-0.15, -0.1) is 0 Å². The molecule has 2 aromatic rings. The molecule has 2 fully saturated rings. The number of piperazine rings is 1. The lowest BCUT2D eigenvalue weighted by atomic mass is 10.0. The van der Waals surface area contributed by atoms with Gasteiger partial charge < -0.3 is 10.2 Å². The molecule has 160 valence electrons. The standard InChI is InChI=1S/C23H29N3O3S/c1-17-6-8-18(9-7-17)22(19-10-11-19)24-23(27)20-4-3-5-21(16-20)30(28,29)26-14-12-25(2)13-15-26/h3-9,16,19,22H,10-15H2,1-2H3,(H,24,27). The molecule has 1 aliphatic carbocycles. The smallest absolute Gasteiger partial charge is 0.251 e. The van der Waals surface area contributed by atoms with E-state index in [9.17, 15) is 13.2 Å². The molecule has 1 heterocycles. The minimum absolute atomic E-state index is 0.0454. The zero-order valence-electron chi connectivity index (χ0n) is 17.5. The predicted octanol–water partition coefficient (Wildman–Crippen LogP) is 2.81. The number of carbonyl (C=O) groups is 1. The van der Waals surface area contributed by atoms with Gasteiger partial charge in [-0.2, -0.15) is 4.31 Å². The zero-order valence-corrected chi connectivity index (χ0v) is 18.4. The summed E-state index contributed by atoms with van der Waals surface area (Å²) in [6.07, 6.45) is 2.19. The molecule has 4 rings (SSSR count). The highest BCUT2D eigenvalue weighted by Gasteiger charge is 2.34. The highest BCUT2D eigenvalue weighted by Crippen LogP contribution is 2.41. The second kappa shape index (κ2) is 8.49. The maximum absolute atomic E-state index is 13.0. The van der Waals surface area contributed by atoms with Gasteiger partial charge in [0.1, 0.15) is 0 Å². The number of rotatable bonds is 6. The molecule has 7 heteroatoms. The summed E-state index contributed by atoms with van der Waals surface area (Å²) in [6.45, 7) is 4.39. The van der Waals surface area contributed by atoms with E-state index in [2.05, 4.69) is 34.5 Å². The Kier molecular flexibility index (Phi) is 5.95. The van der Waals surface area contributed by atoms with Crippen LogP contribution in [0.25, 0.3) is 0 Å². The number of sulfonamides is 1. The average Bonchev–Trinajstić information content (AvgIpc) is 3.58. The number of carbonyl (C=O) groups excluding carboxylic acids is 1. The summed E-state index contributed by atoms with van der Waals surface area (Å²) < 4.78 is 27.6. The first-order valence-corrected chi connectivity index (χ1v) is 11.9. The summed E-state index contributed by atoms with van der Waals surface area (Å²) in [5.74, 6) is 0.205. The molecule has 30 heavy (non-hydrogen) atoms. The Bertz CT molecular complexity index is 1010. The average molecular weight is 428 g/mol. The first-order valence-electron chi connectivity index (χ1n) is 10.5. The summed E-state index contributed by atoms with van der Waals surface area (Å²) in [4.78, 5) is 15.3. The summed E-state index contributed by atoms with van der Waals surface area (Å²) >= 11 is 0. The number of benzene rings is 2. The van der Waals surface area contributed by atoms with Crippen LogP contribution in [0.5, 0.6) is 0 Å². The number of aryl methyl sites for hydroxylation is 1. The van der Waals surface area contributed by atoms with Gasteiger partial charge in [0, 0.05) is 31.7 Å². The molecule has 1 saturated carbocycles. The van der Waals surface area contributed by atoms with Gasteiger partial charge in [0.15, 0.2) is 0 Å². The van der Waals surface area contributed by atoms with Crippen molar-refractivity contribution in [1.29, 1.82) is 0 Å². The first-order chi connectivity index (χ1) is 14.3. The number of nitrogens with zero attached hydrogens (tertiary/aromatic N) is 2. The summed E-state index contributed by atoms with van der Waals surface area (Å²) in [5.41, 5.74) is 2.65. The SMILES string of the molecule is Cc1ccc(C(NC(=O)c2cccc(S(=O)(=O)N3CCN(C)CC3)c2)C2CC2)cc1. The van der Waals surface area contributed by atoms with Crippen molar-refractivity contribution in [3.05, 3.63) is 65.2 Å². The lowest BCUT2D eigenvalue weighted by Crippen LogP contribution is -2.47. The van der Waals surface area contributed by atoms with E-state index in [1.54, 1.807) is 18.2 Å². The molecule has 0 bridgehead atoms. The van der Waals surface area contributed by atoms with Crippen LogP contribution in [0.2, 0.25) is 0 Å². The molecule has 0 aromatic heterocycles. The highest BCUT2D eigenvalue weighted by molar-refractivity contribution is 7.89. The van der Waals surface area contributed by atoms with Gasteiger partial charge in [-0.05, 0) is 56.5 Å². The van der Waals surface area contributed by atoms with Crippen LogP contribution < -0.4 is 5.32 Å². The lowest BCUT2D eigenvalue weighted by molar-refractivity contribution is 0.0931. The van der Waals surface area contributed by atoms with Crippen molar-refractivity contribution in [3.8, 4) is 0 Å². The molecule has 1 saturated heterocycles. The Morgan fingerprint density at radius 1 is 1.03 bits per heavy atom. The van der Waals surface area contributed by atoms with Crippen LogP contribution >= 0.6 is 0 Å². The van der Waals surface area contributed by atoms with Crippen molar-refractivity contribution in [2.45, 2.75) is 30.7 Å². The number of hydrogen-bond acceptors (Lipinski definition) is 4. The Balaban J connectivity index is 1.52. The topological polar surface area (TPSA) is 69.7 Å². The summed E-state index contributed by atoms with van der Waals surface area (Å²) in [7, 11) is -1.62. The van der Waals surface area contributed by atoms with Crippen LogP contribution in [0.15, 0.2) is 53.4 Å². The third-order valence-electron chi connectivity index (χ3n) is 6.01. The molecule has 1 atom stereocenters. The second-order valence-corrected chi connectivity index (χ2v) is 10.4. The van der Waals surface area contributed by atoms with Gasteiger partial charge in [-0.25, -0.2) is 8.42 Å². The number of nitrogens with one attached hydrogen (secondary N) is 1. The maximum atomic E-state index is 13.0. The normalized spacial score (nSPS) is 19.4. The van der Waals surface area contributed by atoms with Gasteiger partial charge in [0.2, 0.25) is 10.0 Å². The fourth-order valence-corrected chi connectivity index (χ4v) is 5.35. The van der Waals surface area contributed by atoms with Crippen molar-refractivity contribution >= 4 is 15.9 Å². The van der Waals surface area contributed by atoms with E-state index in [-0.39, 0.29) is 16.8 Å². The molecular weight excluding hydrogens is 398 g/mol. The van der Waals surface area contributed by atoms with Crippen molar-refractivity contribution < 1.29 is 13.2 Å². The van der Waals surface area contributed by atoms with E-state index in [1.165, 1.54) is 15.9 Å². The highest BCUT2D eigenvalue weighted by atomic mass is 32.2. The van der Waals surface area contributed by atoms with Crippen LogP contribution in [-0.4, -0.2) is 56.8 Å². The monoisotopic (exact) mass is 427 g/mol. The van der Waals surface area contributed by atoms with Gasteiger partial charge in [0.05, 0.1) is 10.9 Å². The zero-order chi connectivity index (χ0) is 21.3. The van der Waals surface area contributed by atoms with E-state index >= 15 is 0 Å². The number of likely N-dealkylation sites (N-methyl/N-ethyl adjacent to an activating group) is 1. The number of hydrogen-bond donors (Lipinski definition) is 1. The van der Waals surface area contributed by atoms with E-state index < -0.39 is 10.0 Å². The van der Waals surface area contributed by atoms with Crippen molar-refractivity contribution in [2.75, 3.05) is 33.2 Å². The largest absolute Gasteiger partial charge is 0.345 e. The molecule has 2 aromatic carbocycles. The first kappa shape index (κ1) is 21.0. The third kappa shape index (κ3) is 4.58. The maximum Gasteiger partial charge on any atom is 0.251 e. The lowest BCUT2D eigenvalue weighted by Gasteiger charge is -2.31. The fourth-order valence-electron chi connectivity index (χ4n) is 3.88. The Labute approximate surface area is 178 Å². The van der Waals surface area contributed by atoms with Crippen molar-refractivity contribution in [2.24, 2.45) is 5.92 Å². The molecule has 0 spiro atoms. The van der Waals surface area contributed by atoms with Gasteiger partial charge in [0.25, 0.3) is 5.91 Å². The van der Waals surface area contributed by atoms with Crippen LogP contribution in [0, 0.1) is 12.8 Å². The van der Waals surface area contributed by atoms with Crippen molar-refractivity contribution in [3.63, 3.8) is 0 Å². The van der Waals surface area contributed by atoms with Crippen molar-refractivity contribution in [1.82, 2.24) is 14.5 Å². The molecular formula is C23H29N3O3S. The second-order valence-electron chi connectivity index (χ2n) is 8.43. The summed E-state index contributed by atoms with van der Waals surface area (Å²) in [5, 5.41) is 3.14. The molecule has 1 amide bonds. The van der Waals surface area contributed by atoms with E-state index in [4.69, 9.17) is 0 Å². The minimum Gasteiger partial charge on any atom is -0.345 e. The van der Waals surface area contributed by atoms with Crippen LogP contribution in [0.1, 0.15) is 40.4 Å². The van der Waals surface area contributed by atoms with Crippen LogP contribution in [0.3, 0.4) is 0 Å². The van der Waals surface area contributed by atoms with Gasteiger partial charge >= 0.3 is 0 Å². The summed E-state index contributed by atoms with van der Waals surface area (Å²) in [6, 6.07) is 14.6. The van der Waals surface area contributed by atoms with E-state index in [0.717, 1.165) is 18.4 Å². The molecule has 1 unspecified atom stereocenters. The Morgan fingerprint density at radius 2 is 1.70 bits per heavy atom. The number of amides is 1. The van der Waals surface area contributed by atoms with Crippen LogP contribution in [0.4, 0.5) is 0 Å². The molecule has 1 aliphatic heterocycles. The predicted molar refractivity (Wildman–Crippen MR) is 117 cm³/mol. The minimum atomic E-state index is -3.60. The Hall–Kier alpha value is -2.22. The van der Waals surface area contributed by atoms with E-state index in [0.29, 0.717) is 37.7 Å². The van der Waals surface area contributed by atoms with Crippen LogP contribution in [-0.2, 0) is 10.0 Å².